The molecule has 0 saturated heterocycles. The molecule has 0 spiro atoms. The van der Waals surface area contributed by atoms with E-state index in [1.54, 1.807) is 11.3 Å². The molecule has 0 aliphatic heterocycles. The summed E-state index contributed by atoms with van der Waals surface area (Å²) in [5.74, 6) is 0.989. The number of nitrogens with zero attached hydrogens (tertiary/aromatic N) is 2. The number of thiazole rings is 1. The van der Waals surface area contributed by atoms with Crippen LogP contribution in [0.15, 0.2) is 29.9 Å². The average Bonchev–Trinajstić information content (AvgIpc) is 3.18. The molecule has 1 fully saturated rings. The lowest BCUT2D eigenvalue weighted by molar-refractivity contribution is 0.462. The second-order valence-electron chi connectivity index (χ2n) is 5.68. The summed E-state index contributed by atoms with van der Waals surface area (Å²) in [7, 11) is 0. The van der Waals surface area contributed by atoms with Crippen LogP contribution < -0.4 is 5.32 Å². The minimum Gasteiger partial charge on any atom is -0.365 e. The van der Waals surface area contributed by atoms with Crippen LogP contribution >= 0.6 is 11.3 Å². The fourth-order valence-corrected chi connectivity index (χ4v) is 3.70. The van der Waals surface area contributed by atoms with Gasteiger partial charge in [0.15, 0.2) is 5.82 Å². The van der Waals surface area contributed by atoms with Crippen molar-refractivity contribution < 1.29 is 0 Å². The molecule has 0 amide bonds. The van der Waals surface area contributed by atoms with Crippen LogP contribution in [0.25, 0.3) is 21.3 Å². The molecule has 2 heterocycles. The first-order valence-corrected chi connectivity index (χ1v) is 8.41. The predicted octanol–water partition coefficient (Wildman–Crippen LogP) is 4.43. The predicted molar refractivity (Wildman–Crippen MR) is 87.7 cm³/mol. The molecule has 2 N–H and O–H groups in total. The molecule has 1 aromatic carbocycles. The van der Waals surface area contributed by atoms with Crippen molar-refractivity contribution in [3.05, 3.63) is 29.9 Å². The Balaban J connectivity index is 1.67. The number of rotatable bonds is 3. The number of anilines is 1. The Kier molecular flexibility index (Phi) is 3.35. The van der Waals surface area contributed by atoms with Crippen LogP contribution in [-0.2, 0) is 0 Å². The molecular weight excluding hydrogens is 280 g/mol. The van der Waals surface area contributed by atoms with Crippen LogP contribution in [0.3, 0.4) is 0 Å². The quantitative estimate of drug-likeness (QED) is 0.752. The van der Waals surface area contributed by atoms with Gasteiger partial charge in [-0.1, -0.05) is 25.3 Å². The smallest absolute Gasteiger partial charge is 0.155 e. The highest BCUT2D eigenvalue weighted by Gasteiger charge is 2.16. The summed E-state index contributed by atoms with van der Waals surface area (Å²) in [5, 5.41) is 12.4. The molecule has 0 unspecified atom stereocenters. The zero-order chi connectivity index (χ0) is 14.1. The van der Waals surface area contributed by atoms with Crippen LogP contribution in [-0.4, -0.2) is 21.2 Å². The first kappa shape index (κ1) is 12.8. The van der Waals surface area contributed by atoms with E-state index < -0.39 is 0 Å². The van der Waals surface area contributed by atoms with Gasteiger partial charge in [0.2, 0.25) is 0 Å². The SMILES string of the molecule is c1ncc(-c2ccc3[nH]nc(NC4CCCCC4)c3c2)s1. The number of hydrogen-bond donors (Lipinski definition) is 2. The number of aromatic amines is 1. The molecule has 0 atom stereocenters. The molecule has 1 aliphatic rings. The molecule has 1 aliphatic carbocycles. The van der Waals surface area contributed by atoms with Crippen molar-refractivity contribution in [2.24, 2.45) is 0 Å². The van der Waals surface area contributed by atoms with Gasteiger partial charge in [-0.15, -0.1) is 11.3 Å². The number of fused-ring (bicyclic) bond motifs is 1. The number of aromatic nitrogens is 3. The van der Waals surface area contributed by atoms with E-state index in [0.29, 0.717) is 6.04 Å². The van der Waals surface area contributed by atoms with E-state index in [0.717, 1.165) is 11.3 Å². The Bertz CT molecular complexity index is 726. The van der Waals surface area contributed by atoms with E-state index in [1.807, 2.05) is 11.7 Å². The molecule has 3 aromatic rings. The van der Waals surface area contributed by atoms with Gasteiger partial charge in [0, 0.05) is 17.6 Å². The molecule has 4 rings (SSSR count). The summed E-state index contributed by atoms with van der Waals surface area (Å²) in [5.41, 5.74) is 4.16. The number of benzene rings is 1. The highest BCUT2D eigenvalue weighted by Crippen LogP contribution is 2.30. The lowest BCUT2D eigenvalue weighted by Gasteiger charge is -2.22. The Morgan fingerprint density at radius 2 is 2.10 bits per heavy atom. The van der Waals surface area contributed by atoms with Crippen LogP contribution in [0.5, 0.6) is 0 Å². The first-order valence-electron chi connectivity index (χ1n) is 7.54. The van der Waals surface area contributed by atoms with Crippen molar-refractivity contribution in [3.8, 4) is 10.4 Å². The molecule has 1 saturated carbocycles. The fraction of sp³-hybridized carbons (Fsp3) is 0.375. The van der Waals surface area contributed by atoms with Crippen molar-refractivity contribution in [2.75, 3.05) is 5.32 Å². The fourth-order valence-electron chi connectivity index (χ4n) is 3.08. The van der Waals surface area contributed by atoms with Crippen molar-refractivity contribution in [2.45, 2.75) is 38.1 Å². The highest BCUT2D eigenvalue weighted by atomic mass is 32.1. The van der Waals surface area contributed by atoms with Crippen LogP contribution in [0.1, 0.15) is 32.1 Å². The van der Waals surface area contributed by atoms with Crippen molar-refractivity contribution in [3.63, 3.8) is 0 Å². The molecule has 4 nitrogen and oxygen atoms in total. The average molecular weight is 298 g/mol. The maximum Gasteiger partial charge on any atom is 0.155 e. The molecule has 0 radical (unpaired) electrons. The molecule has 0 bridgehead atoms. The van der Waals surface area contributed by atoms with Crippen molar-refractivity contribution in [1.82, 2.24) is 15.2 Å². The lowest BCUT2D eigenvalue weighted by atomic mass is 9.95. The molecule has 21 heavy (non-hydrogen) atoms. The first-order chi connectivity index (χ1) is 10.4. The van der Waals surface area contributed by atoms with Gasteiger partial charge < -0.3 is 5.32 Å². The standard InChI is InChI=1S/C16H18N4S/c1-2-4-12(5-3-1)18-16-13-8-11(15-9-17-10-21-15)6-7-14(13)19-20-16/h6-10,12H,1-5H2,(H2,18,19,20). The van der Waals surface area contributed by atoms with Crippen LogP contribution in [0.4, 0.5) is 5.82 Å². The van der Waals surface area contributed by atoms with E-state index >= 15 is 0 Å². The van der Waals surface area contributed by atoms with Gasteiger partial charge in [0.1, 0.15) is 0 Å². The Morgan fingerprint density at radius 1 is 1.19 bits per heavy atom. The van der Waals surface area contributed by atoms with E-state index in [-0.39, 0.29) is 0 Å². The van der Waals surface area contributed by atoms with Crippen molar-refractivity contribution in [1.29, 1.82) is 0 Å². The minimum atomic E-state index is 0.567. The summed E-state index contributed by atoms with van der Waals surface area (Å²) in [6.07, 6.45) is 8.44. The van der Waals surface area contributed by atoms with Crippen LogP contribution in [0, 0.1) is 0 Å². The third kappa shape index (κ3) is 2.53. The molecule has 5 heteroatoms. The topological polar surface area (TPSA) is 53.6 Å². The van der Waals surface area contributed by atoms with Gasteiger partial charge in [0.05, 0.1) is 15.9 Å². The molecule has 108 valence electrons. The largest absolute Gasteiger partial charge is 0.365 e. The Hall–Kier alpha value is -1.88. The second kappa shape index (κ2) is 5.48. The Morgan fingerprint density at radius 3 is 2.90 bits per heavy atom. The van der Waals surface area contributed by atoms with Gasteiger partial charge in [-0.3, -0.25) is 10.1 Å². The monoisotopic (exact) mass is 298 g/mol. The number of nitrogens with one attached hydrogen (secondary N) is 2. The maximum atomic E-state index is 4.46. The summed E-state index contributed by atoms with van der Waals surface area (Å²) in [6.45, 7) is 0. The third-order valence-corrected chi connectivity index (χ3v) is 5.05. The van der Waals surface area contributed by atoms with Gasteiger partial charge in [-0.25, -0.2) is 0 Å². The minimum absolute atomic E-state index is 0.567. The van der Waals surface area contributed by atoms with Gasteiger partial charge in [-0.2, -0.15) is 5.10 Å². The highest BCUT2D eigenvalue weighted by molar-refractivity contribution is 7.13. The zero-order valence-corrected chi connectivity index (χ0v) is 12.6. The van der Waals surface area contributed by atoms with E-state index in [4.69, 9.17) is 0 Å². The molecular formula is C16H18N4S. The van der Waals surface area contributed by atoms with Crippen LogP contribution in [0.2, 0.25) is 0 Å². The number of hydrogen-bond acceptors (Lipinski definition) is 4. The lowest BCUT2D eigenvalue weighted by Crippen LogP contribution is -2.22. The van der Waals surface area contributed by atoms with Gasteiger partial charge in [-0.05, 0) is 30.5 Å². The second-order valence-corrected chi connectivity index (χ2v) is 6.56. The summed E-state index contributed by atoms with van der Waals surface area (Å²) >= 11 is 1.67. The zero-order valence-electron chi connectivity index (χ0n) is 11.8. The Labute approximate surface area is 127 Å². The molecule has 2 aromatic heterocycles. The van der Waals surface area contributed by atoms with Gasteiger partial charge in [0.25, 0.3) is 0 Å². The normalized spacial score (nSPS) is 16.4. The maximum absolute atomic E-state index is 4.46. The number of H-pyrrole nitrogens is 1. The third-order valence-electron chi connectivity index (χ3n) is 4.23. The summed E-state index contributed by atoms with van der Waals surface area (Å²) < 4.78 is 0. The van der Waals surface area contributed by atoms with E-state index in [9.17, 15) is 0 Å². The van der Waals surface area contributed by atoms with Crippen molar-refractivity contribution >= 4 is 28.1 Å². The summed E-state index contributed by atoms with van der Waals surface area (Å²) in [4.78, 5) is 5.36. The van der Waals surface area contributed by atoms with Gasteiger partial charge >= 0.3 is 0 Å². The van der Waals surface area contributed by atoms with E-state index in [1.165, 1.54) is 47.9 Å². The van der Waals surface area contributed by atoms with E-state index in [2.05, 4.69) is 38.7 Å². The summed E-state index contributed by atoms with van der Waals surface area (Å²) in [6, 6.07) is 7.00.